The number of rotatable bonds is 4. The first-order valence-electron chi connectivity index (χ1n) is 11.9. The van der Waals surface area contributed by atoms with Crippen LogP contribution in [0.3, 0.4) is 0 Å². The number of amides is 1. The lowest BCUT2D eigenvalue weighted by Crippen LogP contribution is -2.53. The number of piperazine rings is 1. The first-order chi connectivity index (χ1) is 16.1. The Bertz CT molecular complexity index is 1230. The third-order valence-corrected chi connectivity index (χ3v) is 9.06. The SMILES string of the molecule is O=C(C1CCCCC1)N1CCN(S(=O)(=O)c2cccc3ccccc23)CC1c1ccccc1. The highest BCUT2D eigenvalue weighted by Gasteiger charge is 2.39. The fourth-order valence-electron chi connectivity index (χ4n) is 5.34. The molecule has 0 aromatic heterocycles. The zero-order chi connectivity index (χ0) is 22.8. The van der Waals surface area contributed by atoms with Gasteiger partial charge in [0.25, 0.3) is 0 Å². The van der Waals surface area contributed by atoms with Crippen LogP contribution in [-0.4, -0.2) is 43.2 Å². The molecule has 1 unspecified atom stereocenters. The van der Waals surface area contributed by atoms with Gasteiger partial charge in [-0.2, -0.15) is 4.31 Å². The Labute approximate surface area is 196 Å². The molecule has 5 rings (SSSR count). The number of carbonyl (C=O) groups is 1. The van der Waals surface area contributed by atoms with Crippen molar-refractivity contribution in [2.24, 2.45) is 5.92 Å². The molecule has 1 aliphatic carbocycles. The number of fused-ring (bicyclic) bond motifs is 1. The fourth-order valence-corrected chi connectivity index (χ4v) is 7.00. The summed E-state index contributed by atoms with van der Waals surface area (Å²) in [6, 6.07) is 22.6. The Morgan fingerprint density at radius 3 is 2.27 bits per heavy atom. The van der Waals surface area contributed by atoms with E-state index in [-0.39, 0.29) is 24.4 Å². The molecule has 5 nitrogen and oxygen atoms in total. The van der Waals surface area contributed by atoms with Crippen LogP contribution in [-0.2, 0) is 14.8 Å². The van der Waals surface area contributed by atoms with E-state index in [9.17, 15) is 13.2 Å². The predicted octanol–water partition coefficient (Wildman–Crippen LogP) is 4.99. The van der Waals surface area contributed by atoms with Crippen molar-refractivity contribution in [3.8, 4) is 0 Å². The van der Waals surface area contributed by atoms with E-state index in [2.05, 4.69) is 0 Å². The quantitative estimate of drug-likeness (QED) is 0.549. The van der Waals surface area contributed by atoms with Crippen molar-refractivity contribution < 1.29 is 13.2 Å². The molecule has 0 spiro atoms. The second kappa shape index (κ2) is 9.27. The third kappa shape index (κ3) is 4.30. The molecule has 1 aliphatic heterocycles. The molecule has 0 radical (unpaired) electrons. The number of benzene rings is 3. The van der Waals surface area contributed by atoms with E-state index in [1.54, 1.807) is 16.4 Å². The minimum Gasteiger partial charge on any atom is -0.333 e. The number of hydrogen-bond donors (Lipinski definition) is 0. The van der Waals surface area contributed by atoms with Gasteiger partial charge in [0.15, 0.2) is 0 Å². The van der Waals surface area contributed by atoms with Gasteiger partial charge in [-0.15, -0.1) is 0 Å². The van der Waals surface area contributed by atoms with Gasteiger partial charge >= 0.3 is 0 Å². The molecule has 1 amide bonds. The highest BCUT2D eigenvalue weighted by molar-refractivity contribution is 7.89. The number of nitrogens with zero attached hydrogens (tertiary/aromatic N) is 2. The van der Waals surface area contributed by atoms with Crippen molar-refractivity contribution in [3.05, 3.63) is 78.4 Å². The van der Waals surface area contributed by atoms with Crippen molar-refractivity contribution in [1.29, 1.82) is 0 Å². The largest absolute Gasteiger partial charge is 0.333 e. The van der Waals surface area contributed by atoms with Crippen LogP contribution >= 0.6 is 0 Å². The smallest absolute Gasteiger partial charge is 0.243 e. The van der Waals surface area contributed by atoms with Gasteiger partial charge in [-0.05, 0) is 29.9 Å². The molecular weight excluding hydrogens is 432 g/mol. The molecule has 3 aromatic rings. The lowest BCUT2D eigenvalue weighted by molar-refractivity contribution is -0.141. The molecular formula is C27H30N2O3S. The van der Waals surface area contributed by atoms with Gasteiger partial charge in [0.05, 0.1) is 10.9 Å². The van der Waals surface area contributed by atoms with Gasteiger partial charge in [0.2, 0.25) is 15.9 Å². The van der Waals surface area contributed by atoms with Crippen LogP contribution in [0.2, 0.25) is 0 Å². The van der Waals surface area contributed by atoms with Crippen LogP contribution in [0.4, 0.5) is 0 Å². The summed E-state index contributed by atoms with van der Waals surface area (Å²) in [5, 5.41) is 1.64. The van der Waals surface area contributed by atoms with Gasteiger partial charge in [-0.1, -0.05) is 86.0 Å². The molecule has 0 bridgehead atoms. The summed E-state index contributed by atoms with van der Waals surface area (Å²) in [5.41, 5.74) is 0.986. The van der Waals surface area contributed by atoms with E-state index < -0.39 is 10.0 Å². The van der Waals surface area contributed by atoms with Crippen molar-refractivity contribution in [3.63, 3.8) is 0 Å². The Hall–Kier alpha value is -2.70. The summed E-state index contributed by atoms with van der Waals surface area (Å²) in [6.45, 7) is 1.00. The lowest BCUT2D eigenvalue weighted by Gasteiger charge is -2.43. The molecule has 0 N–H and O–H groups in total. The van der Waals surface area contributed by atoms with Crippen LogP contribution < -0.4 is 0 Å². The van der Waals surface area contributed by atoms with E-state index in [0.717, 1.165) is 42.0 Å². The van der Waals surface area contributed by atoms with Crippen molar-refractivity contribution >= 4 is 26.7 Å². The van der Waals surface area contributed by atoms with Crippen LogP contribution in [0, 0.1) is 5.92 Å². The molecule has 3 aromatic carbocycles. The Kier molecular flexibility index (Phi) is 6.21. The summed E-state index contributed by atoms with van der Waals surface area (Å²) in [7, 11) is -3.71. The standard InChI is InChI=1S/C27H30N2O3S/c30-27(23-13-5-2-6-14-23)29-19-18-28(20-25(29)22-11-3-1-4-12-22)33(31,32)26-17-9-15-21-10-7-8-16-24(21)26/h1,3-4,7-12,15-17,23,25H,2,5-6,13-14,18-20H2. The van der Waals surface area contributed by atoms with Crippen LogP contribution in [0.25, 0.3) is 10.8 Å². The Morgan fingerprint density at radius 1 is 0.788 bits per heavy atom. The molecule has 6 heteroatoms. The molecule has 1 heterocycles. The van der Waals surface area contributed by atoms with Crippen LogP contribution in [0.5, 0.6) is 0 Å². The second-order valence-corrected chi connectivity index (χ2v) is 11.0. The monoisotopic (exact) mass is 462 g/mol. The molecule has 1 atom stereocenters. The fraction of sp³-hybridized carbons (Fsp3) is 0.370. The topological polar surface area (TPSA) is 57.7 Å². The van der Waals surface area contributed by atoms with Gasteiger partial charge in [0.1, 0.15) is 0 Å². The Balaban J connectivity index is 1.48. The normalized spacial score (nSPS) is 20.7. The summed E-state index contributed by atoms with van der Waals surface area (Å²) in [6.07, 6.45) is 5.27. The lowest BCUT2D eigenvalue weighted by atomic mass is 9.87. The van der Waals surface area contributed by atoms with E-state index >= 15 is 0 Å². The number of carbonyl (C=O) groups excluding carboxylic acids is 1. The minimum absolute atomic E-state index is 0.0613. The van der Waals surface area contributed by atoms with E-state index in [1.165, 1.54) is 6.42 Å². The van der Waals surface area contributed by atoms with Gasteiger partial charge in [-0.25, -0.2) is 8.42 Å². The molecule has 172 valence electrons. The van der Waals surface area contributed by atoms with Gasteiger partial charge < -0.3 is 4.90 Å². The molecule has 2 aliphatic rings. The average Bonchev–Trinajstić information content (AvgIpc) is 2.88. The summed E-state index contributed by atoms with van der Waals surface area (Å²) in [5.74, 6) is 0.247. The highest BCUT2D eigenvalue weighted by atomic mass is 32.2. The predicted molar refractivity (Wildman–Crippen MR) is 130 cm³/mol. The molecule has 1 saturated heterocycles. The molecule has 1 saturated carbocycles. The summed E-state index contributed by atoms with van der Waals surface area (Å²) >= 11 is 0. The summed E-state index contributed by atoms with van der Waals surface area (Å²) < 4.78 is 29.1. The molecule has 33 heavy (non-hydrogen) atoms. The first kappa shape index (κ1) is 22.1. The minimum atomic E-state index is -3.71. The average molecular weight is 463 g/mol. The third-order valence-electron chi connectivity index (χ3n) is 7.13. The van der Waals surface area contributed by atoms with Gasteiger partial charge in [0, 0.05) is 30.9 Å². The van der Waals surface area contributed by atoms with Crippen LogP contribution in [0.1, 0.15) is 43.7 Å². The maximum absolute atomic E-state index is 13.8. The van der Waals surface area contributed by atoms with Crippen molar-refractivity contribution in [1.82, 2.24) is 9.21 Å². The van der Waals surface area contributed by atoms with Gasteiger partial charge in [-0.3, -0.25) is 4.79 Å². The van der Waals surface area contributed by atoms with E-state index in [4.69, 9.17) is 0 Å². The maximum Gasteiger partial charge on any atom is 0.243 e. The first-order valence-corrected chi connectivity index (χ1v) is 13.3. The highest BCUT2D eigenvalue weighted by Crippen LogP contribution is 2.34. The van der Waals surface area contributed by atoms with Crippen molar-refractivity contribution in [2.45, 2.75) is 43.0 Å². The summed E-state index contributed by atoms with van der Waals surface area (Å²) in [4.78, 5) is 15.8. The zero-order valence-corrected chi connectivity index (χ0v) is 19.6. The van der Waals surface area contributed by atoms with E-state index in [1.807, 2.05) is 65.6 Å². The second-order valence-electron chi connectivity index (χ2n) is 9.13. The van der Waals surface area contributed by atoms with Crippen molar-refractivity contribution in [2.75, 3.05) is 19.6 Å². The molecule has 2 fully saturated rings. The van der Waals surface area contributed by atoms with Crippen LogP contribution in [0.15, 0.2) is 77.7 Å². The number of sulfonamides is 1. The zero-order valence-electron chi connectivity index (χ0n) is 18.8. The van der Waals surface area contributed by atoms with E-state index in [0.29, 0.717) is 18.0 Å². The Morgan fingerprint density at radius 2 is 1.48 bits per heavy atom. The number of hydrogen-bond acceptors (Lipinski definition) is 3. The maximum atomic E-state index is 13.8.